The number of nitrogens with one attached hydrogen (secondary N) is 1. The number of hydrogen-bond acceptors (Lipinski definition) is 4. The molecule has 0 aliphatic heterocycles. The summed E-state index contributed by atoms with van der Waals surface area (Å²) in [6.07, 6.45) is -0.284. The minimum absolute atomic E-state index is 0. The van der Waals surface area contributed by atoms with Crippen LogP contribution in [0, 0.1) is 0 Å². The third-order valence-electron chi connectivity index (χ3n) is 3.30. The van der Waals surface area contributed by atoms with E-state index in [-0.39, 0.29) is 43.0 Å². The van der Waals surface area contributed by atoms with Gasteiger partial charge in [0, 0.05) is 25.8 Å². The third-order valence-corrected chi connectivity index (χ3v) is 3.56. The molecule has 0 bridgehead atoms. The minimum atomic E-state index is -0.270. The number of nitrogens with two attached hydrogens (primary N) is 1. The van der Waals surface area contributed by atoms with Crippen LogP contribution in [-0.4, -0.2) is 38.8 Å². The van der Waals surface area contributed by atoms with Crippen LogP contribution in [0.1, 0.15) is 25.0 Å². The summed E-state index contributed by atoms with van der Waals surface area (Å²) in [7, 11) is 3.15. The molecular weight excluding hydrogens is 327 g/mol. The van der Waals surface area contributed by atoms with Gasteiger partial charge in [-0.3, -0.25) is 4.79 Å². The van der Waals surface area contributed by atoms with Crippen LogP contribution in [-0.2, 0) is 14.3 Å². The topological polar surface area (TPSA) is 73.6 Å². The van der Waals surface area contributed by atoms with Crippen molar-refractivity contribution in [2.24, 2.45) is 5.73 Å². The summed E-state index contributed by atoms with van der Waals surface area (Å²) in [4.78, 5) is 12.0. The zero-order chi connectivity index (χ0) is 15.8. The van der Waals surface area contributed by atoms with Crippen molar-refractivity contribution in [2.75, 3.05) is 20.8 Å². The standard InChI is InChI=1S/C15H23ClN2O3.ClH/c1-10(18-14(19)8-13(9-17)20-2)15(21-3)11-4-6-12(16)7-5-11;/h4-7,10,13,15H,8-9,17H2,1-3H3,(H,18,19);1H. The molecule has 1 rings (SSSR count). The maximum Gasteiger partial charge on any atom is 0.222 e. The van der Waals surface area contributed by atoms with Gasteiger partial charge in [-0.2, -0.15) is 0 Å². The zero-order valence-electron chi connectivity index (χ0n) is 13.0. The monoisotopic (exact) mass is 350 g/mol. The Kier molecular flexibility index (Phi) is 10.4. The van der Waals surface area contributed by atoms with E-state index < -0.39 is 0 Å². The molecule has 22 heavy (non-hydrogen) atoms. The van der Waals surface area contributed by atoms with Gasteiger partial charge < -0.3 is 20.5 Å². The third kappa shape index (κ3) is 6.50. The molecule has 0 aliphatic rings. The Morgan fingerprint density at radius 2 is 1.86 bits per heavy atom. The molecule has 0 spiro atoms. The van der Waals surface area contributed by atoms with Crippen LogP contribution in [0.15, 0.2) is 24.3 Å². The van der Waals surface area contributed by atoms with Crippen LogP contribution in [0.4, 0.5) is 0 Å². The molecule has 3 atom stereocenters. The maximum absolute atomic E-state index is 12.0. The van der Waals surface area contributed by atoms with E-state index in [4.69, 9.17) is 26.8 Å². The van der Waals surface area contributed by atoms with Gasteiger partial charge in [0.05, 0.1) is 18.6 Å². The van der Waals surface area contributed by atoms with Gasteiger partial charge in [-0.25, -0.2) is 0 Å². The number of methoxy groups -OCH3 is 2. The smallest absolute Gasteiger partial charge is 0.222 e. The molecule has 0 fully saturated rings. The highest BCUT2D eigenvalue weighted by Gasteiger charge is 2.22. The predicted octanol–water partition coefficient (Wildman–Crippen LogP) is 2.32. The van der Waals surface area contributed by atoms with Crippen LogP contribution in [0.5, 0.6) is 0 Å². The van der Waals surface area contributed by atoms with Crippen molar-refractivity contribution >= 4 is 29.9 Å². The molecular formula is C15H24Cl2N2O3. The molecule has 0 aromatic heterocycles. The Morgan fingerprint density at radius 3 is 2.32 bits per heavy atom. The van der Waals surface area contributed by atoms with Crippen molar-refractivity contribution in [3.05, 3.63) is 34.9 Å². The fraction of sp³-hybridized carbons (Fsp3) is 0.533. The molecule has 126 valence electrons. The number of rotatable bonds is 8. The zero-order valence-corrected chi connectivity index (χ0v) is 14.6. The van der Waals surface area contributed by atoms with Gasteiger partial charge >= 0.3 is 0 Å². The van der Waals surface area contributed by atoms with Gasteiger partial charge in [0.25, 0.3) is 0 Å². The van der Waals surface area contributed by atoms with E-state index in [1.165, 1.54) is 0 Å². The lowest BCUT2D eigenvalue weighted by Crippen LogP contribution is -2.40. The lowest BCUT2D eigenvalue weighted by Gasteiger charge is -2.25. The maximum atomic E-state index is 12.0. The van der Waals surface area contributed by atoms with E-state index in [1.54, 1.807) is 26.4 Å². The van der Waals surface area contributed by atoms with Crippen molar-refractivity contribution in [1.82, 2.24) is 5.32 Å². The van der Waals surface area contributed by atoms with Crippen molar-refractivity contribution in [3.8, 4) is 0 Å². The summed E-state index contributed by atoms with van der Waals surface area (Å²) in [5, 5.41) is 3.57. The van der Waals surface area contributed by atoms with Crippen molar-refractivity contribution in [3.63, 3.8) is 0 Å². The van der Waals surface area contributed by atoms with Gasteiger partial charge in [0.1, 0.15) is 6.10 Å². The van der Waals surface area contributed by atoms with Crippen LogP contribution in [0.2, 0.25) is 5.02 Å². The number of ether oxygens (including phenoxy) is 2. The normalized spacial score (nSPS) is 14.6. The molecule has 1 aromatic carbocycles. The molecule has 3 N–H and O–H groups in total. The first-order chi connectivity index (χ1) is 10.0. The summed E-state index contributed by atoms with van der Waals surface area (Å²) < 4.78 is 10.6. The Balaban J connectivity index is 0.00000441. The summed E-state index contributed by atoms with van der Waals surface area (Å²) in [6, 6.07) is 7.19. The second-order valence-corrected chi connectivity index (χ2v) is 5.30. The fourth-order valence-corrected chi connectivity index (χ4v) is 2.27. The molecule has 1 aromatic rings. The Labute approximate surface area is 142 Å². The van der Waals surface area contributed by atoms with E-state index in [9.17, 15) is 4.79 Å². The van der Waals surface area contributed by atoms with Crippen LogP contribution in [0.3, 0.4) is 0 Å². The molecule has 7 heteroatoms. The molecule has 0 saturated carbocycles. The van der Waals surface area contributed by atoms with Gasteiger partial charge in [0.15, 0.2) is 0 Å². The fourth-order valence-electron chi connectivity index (χ4n) is 2.14. The highest BCUT2D eigenvalue weighted by molar-refractivity contribution is 6.30. The summed E-state index contributed by atoms with van der Waals surface area (Å²) in [6.45, 7) is 2.20. The van der Waals surface area contributed by atoms with Gasteiger partial charge in [-0.1, -0.05) is 23.7 Å². The van der Waals surface area contributed by atoms with E-state index in [0.29, 0.717) is 11.6 Å². The van der Waals surface area contributed by atoms with Crippen molar-refractivity contribution in [2.45, 2.75) is 31.6 Å². The number of carbonyl (C=O) groups excluding carboxylic acids is 1. The lowest BCUT2D eigenvalue weighted by molar-refractivity contribution is -0.125. The Morgan fingerprint density at radius 1 is 1.27 bits per heavy atom. The highest BCUT2D eigenvalue weighted by Crippen LogP contribution is 2.22. The number of carbonyl (C=O) groups is 1. The molecule has 0 heterocycles. The van der Waals surface area contributed by atoms with E-state index in [2.05, 4.69) is 5.32 Å². The molecule has 5 nitrogen and oxygen atoms in total. The van der Waals surface area contributed by atoms with E-state index in [1.807, 2.05) is 19.1 Å². The van der Waals surface area contributed by atoms with E-state index >= 15 is 0 Å². The summed E-state index contributed by atoms with van der Waals surface area (Å²) in [5.41, 5.74) is 6.47. The molecule has 1 amide bonds. The number of halogens is 2. The molecule has 0 saturated heterocycles. The number of hydrogen-bond donors (Lipinski definition) is 2. The van der Waals surface area contributed by atoms with Crippen LogP contribution < -0.4 is 11.1 Å². The highest BCUT2D eigenvalue weighted by atomic mass is 35.5. The van der Waals surface area contributed by atoms with Gasteiger partial charge in [0.2, 0.25) is 5.91 Å². The predicted molar refractivity (Wildman–Crippen MR) is 90.5 cm³/mol. The van der Waals surface area contributed by atoms with Crippen LogP contribution in [0.25, 0.3) is 0 Å². The van der Waals surface area contributed by atoms with Gasteiger partial charge in [-0.15, -0.1) is 12.4 Å². The second kappa shape index (κ2) is 10.8. The second-order valence-electron chi connectivity index (χ2n) is 4.86. The lowest BCUT2D eigenvalue weighted by atomic mass is 10.0. The molecule has 0 radical (unpaired) electrons. The largest absolute Gasteiger partial charge is 0.380 e. The first-order valence-corrected chi connectivity index (χ1v) is 7.20. The SMILES string of the molecule is COC(CN)CC(=O)NC(C)C(OC)c1ccc(Cl)cc1.Cl. The molecule has 3 unspecified atom stereocenters. The Hall–Kier alpha value is -0.850. The van der Waals surface area contributed by atoms with Gasteiger partial charge in [-0.05, 0) is 24.6 Å². The molecule has 0 aliphatic carbocycles. The average molecular weight is 351 g/mol. The Bertz CT molecular complexity index is 439. The van der Waals surface area contributed by atoms with Crippen LogP contribution >= 0.6 is 24.0 Å². The summed E-state index contributed by atoms with van der Waals surface area (Å²) >= 11 is 5.88. The minimum Gasteiger partial charge on any atom is -0.380 e. The number of amides is 1. The quantitative estimate of drug-likeness (QED) is 0.754. The first kappa shape index (κ1) is 21.1. The average Bonchev–Trinajstić information content (AvgIpc) is 2.47. The van der Waals surface area contributed by atoms with Crippen molar-refractivity contribution in [1.29, 1.82) is 0 Å². The summed E-state index contributed by atoms with van der Waals surface area (Å²) in [5.74, 6) is -0.115. The van der Waals surface area contributed by atoms with E-state index in [0.717, 1.165) is 5.56 Å². The first-order valence-electron chi connectivity index (χ1n) is 6.82. The van der Waals surface area contributed by atoms with Crippen molar-refractivity contribution < 1.29 is 14.3 Å². The number of benzene rings is 1.